The number of nitrogens with two attached hydrogens (primary N) is 1. The Morgan fingerprint density at radius 2 is 2.50 bits per heavy atom. The zero-order valence-electron chi connectivity index (χ0n) is 9.02. The number of hydrogen-bond acceptors (Lipinski definition) is 4. The molecule has 1 heterocycles. The molecule has 1 aromatic heterocycles. The molecular weight excluding hydrogens is 206 g/mol. The molecule has 0 fully saturated rings. The van der Waals surface area contributed by atoms with Crippen molar-refractivity contribution in [3.8, 4) is 12.3 Å². The zero-order chi connectivity index (χ0) is 11.8. The highest BCUT2D eigenvalue weighted by atomic mass is 16.2. The summed E-state index contributed by atoms with van der Waals surface area (Å²) < 4.78 is 1.46. The first-order valence-electron chi connectivity index (χ1n) is 5.05. The number of carbonyl (C=O) groups excluding carboxylic acids is 1. The Morgan fingerprint density at radius 3 is 3.12 bits per heavy atom. The molecule has 1 rings (SSSR count). The van der Waals surface area contributed by atoms with E-state index in [2.05, 4.69) is 21.5 Å². The lowest BCUT2D eigenvalue weighted by Crippen LogP contribution is -2.28. The van der Waals surface area contributed by atoms with Crippen LogP contribution in [0.25, 0.3) is 0 Å². The third kappa shape index (κ3) is 4.11. The lowest BCUT2D eigenvalue weighted by molar-refractivity contribution is -0.121. The number of unbranched alkanes of at least 4 members (excludes halogenated alkanes) is 1. The number of rotatable bonds is 6. The van der Waals surface area contributed by atoms with Crippen molar-refractivity contribution in [1.82, 2.24) is 20.3 Å². The van der Waals surface area contributed by atoms with Crippen LogP contribution < -0.4 is 11.1 Å². The van der Waals surface area contributed by atoms with E-state index in [4.69, 9.17) is 12.2 Å². The fourth-order valence-electron chi connectivity index (χ4n) is 1.13. The highest BCUT2D eigenvalue weighted by Gasteiger charge is 2.04. The van der Waals surface area contributed by atoms with Gasteiger partial charge in [0.1, 0.15) is 6.54 Å². The van der Waals surface area contributed by atoms with Crippen LogP contribution in [-0.4, -0.2) is 27.4 Å². The van der Waals surface area contributed by atoms with Gasteiger partial charge in [0.05, 0.1) is 11.9 Å². The maximum absolute atomic E-state index is 11.4. The molecule has 16 heavy (non-hydrogen) atoms. The third-order valence-corrected chi connectivity index (χ3v) is 1.92. The number of nitrogens with one attached hydrogen (secondary N) is 1. The van der Waals surface area contributed by atoms with Crippen molar-refractivity contribution in [2.75, 3.05) is 6.54 Å². The molecule has 6 nitrogen and oxygen atoms in total. The molecule has 1 amide bonds. The van der Waals surface area contributed by atoms with E-state index in [0.29, 0.717) is 25.2 Å². The first-order chi connectivity index (χ1) is 7.76. The SMILES string of the molecule is C#CCCCNC(=O)Cn1cc(CN)nn1. The number of nitrogens with zero attached hydrogens (tertiary/aromatic N) is 3. The summed E-state index contributed by atoms with van der Waals surface area (Å²) in [4.78, 5) is 11.4. The van der Waals surface area contributed by atoms with E-state index < -0.39 is 0 Å². The van der Waals surface area contributed by atoms with Crippen molar-refractivity contribution in [3.63, 3.8) is 0 Å². The van der Waals surface area contributed by atoms with E-state index in [1.165, 1.54) is 4.68 Å². The Bertz CT molecular complexity index is 379. The molecule has 0 radical (unpaired) electrons. The minimum absolute atomic E-state index is 0.106. The van der Waals surface area contributed by atoms with Crippen LogP contribution in [0.3, 0.4) is 0 Å². The van der Waals surface area contributed by atoms with Crippen LogP contribution in [0, 0.1) is 12.3 Å². The summed E-state index contributed by atoms with van der Waals surface area (Å²) in [7, 11) is 0. The molecule has 3 N–H and O–H groups in total. The summed E-state index contributed by atoms with van der Waals surface area (Å²) in [5.41, 5.74) is 6.04. The Balaban J connectivity index is 2.26. The Morgan fingerprint density at radius 1 is 1.69 bits per heavy atom. The van der Waals surface area contributed by atoms with Gasteiger partial charge in [-0.3, -0.25) is 4.79 Å². The van der Waals surface area contributed by atoms with E-state index in [-0.39, 0.29) is 12.5 Å². The highest BCUT2D eigenvalue weighted by molar-refractivity contribution is 5.75. The third-order valence-electron chi connectivity index (χ3n) is 1.92. The van der Waals surface area contributed by atoms with Crippen molar-refractivity contribution in [2.24, 2.45) is 5.73 Å². The quantitative estimate of drug-likeness (QED) is 0.489. The molecule has 6 heteroatoms. The van der Waals surface area contributed by atoms with E-state index in [1.54, 1.807) is 6.20 Å². The van der Waals surface area contributed by atoms with Crippen LogP contribution in [0.5, 0.6) is 0 Å². The monoisotopic (exact) mass is 221 g/mol. The van der Waals surface area contributed by atoms with Crippen molar-refractivity contribution < 1.29 is 4.79 Å². The predicted octanol–water partition coefficient (Wildman–Crippen LogP) is -0.734. The Labute approximate surface area is 94.2 Å². The summed E-state index contributed by atoms with van der Waals surface area (Å²) in [6.07, 6.45) is 8.20. The maximum atomic E-state index is 11.4. The number of hydrogen-bond donors (Lipinski definition) is 2. The molecule has 0 aliphatic heterocycles. The molecule has 1 aromatic rings. The van der Waals surface area contributed by atoms with E-state index >= 15 is 0 Å². The van der Waals surface area contributed by atoms with E-state index in [9.17, 15) is 4.79 Å². The van der Waals surface area contributed by atoms with E-state index in [0.717, 1.165) is 6.42 Å². The summed E-state index contributed by atoms with van der Waals surface area (Å²) >= 11 is 0. The molecule has 0 saturated heterocycles. The minimum Gasteiger partial charge on any atom is -0.354 e. The van der Waals surface area contributed by atoms with Gasteiger partial charge in [-0.2, -0.15) is 0 Å². The van der Waals surface area contributed by atoms with Crippen molar-refractivity contribution in [2.45, 2.75) is 25.9 Å². The van der Waals surface area contributed by atoms with Gasteiger partial charge in [0.15, 0.2) is 0 Å². The number of carbonyl (C=O) groups is 1. The number of aromatic nitrogens is 3. The van der Waals surface area contributed by atoms with Gasteiger partial charge < -0.3 is 11.1 Å². The fourth-order valence-corrected chi connectivity index (χ4v) is 1.13. The second kappa shape index (κ2) is 6.58. The molecule has 0 unspecified atom stereocenters. The van der Waals surface area contributed by atoms with Gasteiger partial charge in [-0.15, -0.1) is 17.4 Å². The van der Waals surface area contributed by atoms with Gasteiger partial charge in [-0.25, -0.2) is 4.68 Å². The van der Waals surface area contributed by atoms with Crippen LogP contribution in [-0.2, 0) is 17.9 Å². The summed E-state index contributed by atoms with van der Waals surface area (Å²) in [5.74, 6) is 2.40. The first-order valence-corrected chi connectivity index (χ1v) is 5.05. The van der Waals surface area contributed by atoms with Crippen LogP contribution in [0.15, 0.2) is 6.20 Å². The molecular formula is C10H15N5O. The normalized spacial score (nSPS) is 9.75. The van der Waals surface area contributed by atoms with E-state index in [1.807, 2.05) is 0 Å². The summed E-state index contributed by atoms with van der Waals surface area (Å²) in [6, 6.07) is 0. The van der Waals surface area contributed by atoms with Gasteiger partial charge in [-0.1, -0.05) is 5.21 Å². The number of terminal acetylenes is 1. The molecule has 0 atom stereocenters. The van der Waals surface area contributed by atoms with Crippen LogP contribution in [0.2, 0.25) is 0 Å². The second-order valence-electron chi connectivity index (χ2n) is 3.27. The average molecular weight is 221 g/mol. The average Bonchev–Trinajstić information content (AvgIpc) is 2.72. The summed E-state index contributed by atoms with van der Waals surface area (Å²) in [6.45, 7) is 1.06. The standard InChI is InChI=1S/C10H15N5O/c1-2-3-4-5-12-10(16)8-15-7-9(6-11)13-14-15/h1,7H,3-6,8,11H2,(H,12,16). The van der Waals surface area contributed by atoms with Crippen molar-refractivity contribution >= 4 is 5.91 Å². The first kappa shape index (κ1) is 12.2. The fraction of sp³-hybridized carbons (Fsp3) is 0.500. The largest absolute Gasteiger partial charge is 0.354 e. The van der Waals surface area contributed by atoms with Gasteiger partial charge in [0, 0.05) is 19.5 Å². The van der Waals surface area contributed by atoms with Gasteiger partial charge >= 0.3 is 0 Å². The minimum atomic E-state index is -0.106. The molecule has 86 valence electrons. The zero-order valence-corrected chi connectivity index (χ0v) is 9.02. The summed E-state index contributed by atoms with van der Waals surface area (Å²) in [5, 5.41) is 10.3. The number of amides is 1. The highest BCUT2D eigenvalue weighted by Crippen LogP contribution is 1.91. The van der Waals surface area contributed by atoms with Crippen molar-refractivity contribution in [3.05, 3.63) is 11.9 Å². The molecule has 0 spiro atoms. The smallest absolute Gasteiger partial charge is 0.241 e. The molecule has 0 aliphatic carbocycles. The molecule has 0 saturated carbocycles. The predicted molar refractivity (Wildman–Crippen MR) is 59.0 cm³/mol. The van der Waals surface area contributed by atoms with Crippen LogP contribution >= 0.6 is 0 Å². The lowest BCUT2D eigenvalue weighted by Gasteiger charge is -2.02. The van der Waals surface area contributed by atoms with Crippen LogP contribution in [0.4, 0.5) is 0 Å². The molecule has 0 aliphatic rings. The molecule has 0 bridgehead atoms. The van der Waals surface area contributed by atoms with Gasteiger partial charge in [0.25, 0.3) is 0 Å². The van der Waals surface area contributed by atoms with Crippen LogP contribution in [0.1, 0.15) is 18.5 Å². The van der Waals surface area contributed by atoms with Gasteiger partial charge in [0.2, 0.25) is 5.91 Å². The Hall–Kier alpha value is -1.87. The topological polar surface area (TPSA) is 85.8 Å². The lowest BCUT2D eigenvalue weighted by atomic mass is 10.3. The second-order valence-corrected chi connectivity index (χ2v) is 3.27. The Kier molecular flexibility index (Phi) is 5.02. The molecule has 0 aromatic carbocycles. The van der Waals surface area contributed by atoms with Gasteiger partial charge in [-0.05, 0) is 6.42 Å². The van der Waals surface area contributed by atoms with Crippen molar-refractivity contribution in [1.29, 1.82) is 0 Å². The maximum Gasteiger partial charge on any atom is 0.241 e.